The summed E-state index contributed by atoms with van der Waals surface area (Å²) in [4.78, 5) is 34.8. The highest BCUT2D eigenvalue weighted by atomic mass is 35.5. The molecule has 0 aliphatic heterocycles. The van der Waals surface area contributed by atoms with Crippen LogP contribution in [-0.4, -0.2) is 35.9 Å². The number of nitro groups is 1. The highest BCUT2D eigenvalue weighted by molar-refractivity contribution is 6.30. The van der Waals surface area contributed by atoms with Crippen LogP contribution in [0.2, 0.25) is 5.02 Å². The summed E-state index contributed by atoms with van der Waals surface area (Å²) < 4.78 is 10.9. The number of benzene rings is 2. The standard InChI is InChI=1S/C20H22ClN3O6/c1-20(2,3)23-18(25)11-22-19(26)12-5-7-16(17(9-12)29-4)30-15-8-6-13(21)10-14(15)24(27)28/h5-10H,11H2,1-4H3,(H,22,26)(H,23,25). The maximum absolute atomic E-state index is 12.3. The fourth-order valence-electron chi connectivity index (χ4n) is 2.46. The third-order valence-corrected chi connectivity index (χ3v) is 3.92. The molecule has 0 spiro atoms. The van der Waals surface area contributed by atoms with Crippen molar-refractivity contribution >= 4 is 29.1 Å². The van der Waals surface area contributed by atoms with Crippen molar-refractivity contribution in [2.45, 2.75) is 26.3 Å². The SMILES string of the molecule is COc1cc(C(=O)NCC(=O)NC(C)(C)C)ccc1Oc1ccc(Cl)cc1[N+](=O)[O-]. The van der Waals surface area contributed by atoms with Gasteiger partial charge in [0.1, 0.15) is 0 Å². The minimum atomic E-state index is -0.613. The molecule has 2 aromatic carbocycles. The van der Waals surface area contributed by atoms with E-state index < -0.39 is 16.4 Å². The Bertz CT molecular complexity index is 971. The van der Waals surface area contributed by atoms with Crippen LogP contribution in [0.15, 0.2) is 36.4 Å². The molecule has 2 rings (SSSR count). The van der Waals surface area contributed by atoms with Crippen LogP contribution in [-0.2, 0) is 4.79 Å². The lowest BCUT2D eigenvalue weighted by atomic mass is 10.1. The number of carbonyl (C=O) groups is 2. The van der Waals surface area contributed by atoms with Gasteiger partial charge >= 0.3 is 5.69 Å². The number of rotatable bonds is 7. The average molecular weight is 436 g/mol. The molecule has 0 aliphatic rings. The van der Waals surface area contributed by atoms with Gasteiger partial charge in [-0.25, -0.2) is 0 Å². The van der Waals surface area contributed by atoms with Gasteiger partial charge in [0.15, 0.2) is 11.5 Å². The molecule has 0 aliphatic carbocycles. The number of nitro benzene ring substituents is 1. The van der Waals surface area contributed by atoms with E-state index in [0.717, 1.165) is 0 Å². The van der Waals surface area contributed by atoms with Gasteiger partial charge in [-0.15, -0.1) is 0 Å². The Labute approximate surface area is 178 Å². The van der Waals surface area contributed by atoms with Gasteiger partial charge in [0.05, 0.1) is 18.6 Å². The van der Waals surface area contributed by atoms with Crippen LogP contribution in [0.4, 0.5) is 5.69 Å². The summed E-state index contributed by atoms with van der Waals surface area (Å²) >= 11 is 5.81. The van der Waals surface area contributed by atoms with Crippen molar-refractivity contribution in [2.24, 2.45) is 0 Å². The first-order chi connectivity index (χ1) is 14.0. The molecule has 0 aromatic heterocycles. The molecular weight excluding hydrogens is 414 g/mol. The lowest BCUT2D eigenvalue weighted by molar-refractivity contribution is -0.385. The van der Waals surface area contributed by atoms with Crippen LogP contribution in [0.5, 0.6) is 17.2 Å². The first kappa shape index (κ1) is 23.0. The van der Waals surface area contributed by atoms with Crippen molar-refractivity contribution in [3.05, 3.63) is 57.1 Å². The molecular formula is C20H22ClN3O6. The fourth-order valence-corrected chi connectivity index (χ4v) is 2.62. The van der Waals surface area contributed by atoms with Gasteiger partial charge < -0.3 is 20.1 Å². The van der Waals surface area contributed by atoms with Gasteiger partial charge in [0, 0.05) is 22.2 Å². The maximum atomic E-state index is 12.3. The van der Waals surface area contributed by atoms with E-state index >= 15 is 0 Å². The molecule has 0 fully saturated rings. The molecule has 30 heavy (non-hydrogen) atoms. The van der Waals surface area contributed by atoms with Crippen LogP contribution in [0, 0.1) is 10.1 Å². The zero-order chi connectivity index (χ0) is 22.5. The third-order valence-electron chi connectivity index (χ3n) is 3.69. The lowest BCUT2D eigenvalue weighted by Crippen LogP contribution is -2.45. The summed E-state index contributed by atoms with van der Waals surface area (Å²) in [6, 6.07) is 8.31. The van der Waals surface area contributed by atoms with Crippen molar-refractivity contribution in [2.75, 3.05) is 13.7 Å². The molecule has 2 amide bonds. The molecule has 2 aromatic rings. The summed E-state index contributed by atoms with van der Waals surface area (Å²) in [6.07, 6.45) is 0. The molecule has 0 saturated carbocycles. The Morgan fingerprint density at radius 2 is 1.77 bits per heavy atom. The number of ether oxygens (including phenoxy) is 2. The Morgan fingerprint density at radius 1 is 1.10 bits per heavy atom. The first-order valence-electron chi connectivity index (χ1n) is 8.89. The summed E-state index contributed by atoms with van der Waals surface area (Å²) in [6.45, 7) is 5.32. The van der Waals surface area contributed by atoms with Crippen LogP contribution < -0.4 is 20.1 Å². The van der Waals surface area contributed by atoms with E-state index in [0.29, 0.717) is 0 Å². The molecule has 0 radical (unpaired) electrons. The molecule has 0 saturated heterocycles. The van der Waals surface area contributed by atoms with Crippen molar-refractivity contribution in [3.8, 4) is 17.2 Å². The number of amides is 2. The van der Waals surface area contributed by atoms with E-state index in [1.165, 1.54) is 43.5 Å². The zero-order valence-electron chi connectivity index (χ0n) is 16.9. The number of methoxy groups -OCH3 is 1. The van der Waals surface area contributed by atoms with Crippen molar-refractivity contribution in [1.29, 1.82) is 0 Å². The van der Waals surface area contributed by atoms with Gasteiger partial charge in [-0.05, 0) is 51.1 Å². The lowest BCUT2D eigenvalue weighted by Gasteiger charge is -2.20. The number of nitrogens with one attached hydrogen (secondary N) is 2. The summed E-state index contributed by atoms with van der Waals surface area (Å²) in [5, 5.41) is 16.7. The summed E-state index contributed by atoms with van der Waals surface area (Å²) in [5.41, 5.74) is -0.488. The number of halogens is 1. The molecule has 2 N–H and O–H groups in total. The number of hydrogen-bond donors (Lipinski definition) is 2. The van der Waals surface area contributed by atoms with Crippen LogP contribution >= 0.6 is 11.6 Å². The number of nitrogens with zero attached hydrogens (tertiary/aromatic N) is 1. The maximum Gasteiger partial charge on any atom is 0.313 e. The minimum Gasteiger partial charge on any atom is -0.493 e. The van der Waals surface area contributed by atoms with E-state index in [-0.39, 0.29) is 46.0 Å². The second kappa shape index (κ2) is 9.45. The van der Waals surface area contributed by atoms with Gasteiger partial charge in [-0.1, -0.05) is 11.6 Å². The highest BCUT2D eigenvalue weighted by Gasteiger charge is 2.20. The molecule has 9 nitrogen and oxygen atoms in total. The second-order valence-corrected chi connectivity index (χ2v) is 7.75. The smallest absolute Gasteiger partial charge is 0.313 e. The minimum absolute atomic E-state index is 0.0289. The number of carbonyl (C=O) groups excluding carboxylic acids is 2. The fraction of sp³-hybridized carbons (Fsp3) is 0.300. The van der Waals surface area contributed by atoms with Crippen LogP contribution in [0.25, 0.3) is 0 Å². The highest BCUT2D eigenvalue weighted by Crippen LogP contribution is 2.37. The average Bonchev–Trinajstić information content (AvgIpc) is 2.66. The molecule has 0 unspecified atom stereocenters. The van der Waals surface area contributed by atoms with Crippen LogP contribution in [0.3, 0.4) is 0 Å². The van der Waals surface area contributed by atoms with Crippen molar-refractivity contribution in [1.82, 2.24) is 10.6 Å². The Morgan fingerprint density at radius 3 is 2.37 bits per heavy atom. The van der Waals surface area contributed by atoms with E-state index in [1.807, 2.05) is 20.8 Å². The second-order valence-electron chi connectivity index (χ2n) is 7.32. The summed E-state index contributed by atoms with van der Waals surface area (Å²) in [5.74, 6) is -0.478. The third kappa shape index (κ3) is 6.35. The van der Waals surface area contributed by atoms with E-state index in [9.17, 15) is 19.7 Å². The molecule has 160 valence electrons. The molecule has 0 heterocycles. The van der Waals surface area contributed by atoms with Crippen molar-refractivity contribution in [3.63, 3.8) is 0 Å². The van der Waals surface area contributed by atoms with E-state index in [2.05, 4.69) is 10.6 Å². The monoisotopic (exact) mass is 435 g/mol. The van der Waals surface area contributed by atoms with Crippen LogP contribution in [0.1, 0.15) is 31.1 Å². The Hall–Kier alpha value is -3.33. The Kier molecular flexibility index (Phi) is 7.23. The van der Waals surface area contributed by atoms with Gasteiger partial charge in [-0.2, -0.15) is 0 Å². The zero-order valence-corrected chi connectivity index (χ0v) is 17.7. The molecule has 10 heteroatoms. The predicted molar refractivity (Wildman–Crippen MR) is 111 cm³/mol. The van der Waals surface area contributed by atoms with E-state index in [4.69, 9.17) is 21.1 Å². The van der Waals surface area contributed by atoms with Gasteiger partial charge in [0.25, 0.3) is 5.91 Å². The quantitative estimate of drug-likeness (QED) is 0.505. The number of hydrogen-bond acceptors (Lipinski definition) is 6. The Balaban J connectivity index is 2.16. The van der Waals surface area contributed by atoms with Gasteiger partial charge in [0.2, 0.25) is 11.7 Å². The molecule has 0 bridgehead atoms. The summed E-state index contributed by atoms with van der Waals surface area (Å²) in [7, 11) is 1.37. The topological polar surface area (TPSA) is 120 Å². The van der Waals surface area contributed by atoms with Crippen molar-refractivity contribution < 1.29 is 24.0 Å². The normalized spacial score (nSPS) is 10.8. The largest absolute Gasteiger partial charge is 0.493 e. The molecule has 0 atom stereocenters. The van der Waals surface area contributed by atoms with Gasteiger partial charge in [-0.3, -0.25) is 19.7 Å². The predicted octanol–water partition coefficient (Wildman–Crippen LogP) is 3.69. The van der Waals surface area contributed by atoms with E-state index in [1.54, 1.807) is 0 Å². The first-order valence-corrected chi connectivity index (χ1v) is 9.27.